The van der Waals surface area contributed by atoms with E-state index in [1.54, 1.807) is 0 Å². The summed E-state index contributed by atoms with van der Waals surface area (Å²) in [6, 6.07) is 0. The van der Waals surface area contributed by atoms with Gasteiger partial charge in [-0.15, -0.1) is 11.8 Å². The fraction of sp³-hybridized carbons (Fsp3) is 0.882. The number of thioether (sulfide) groups is 1. The van der Waals surface area contributed by atoms with E-state index in [-0.39, 0.29) is 30.8 Å². The van der Waals surface area contributed by atoms with E-state index in [0.29, 0.717) is 23.5 Å². The molecule has 0 N–H and O–H groups in total. The monoisotopic (exact) mass is 344 g/mol. The van der Waals surface area contributed by atoms with Gasteiger partial charge in [0.25, 0.3) is 0 Å². The van der Waals surface area contributed by atoms with Crippen LogP contribution in [-0.4, -0.2) is 41.9 Å². The second kappa shape index (κ2) is 8.38. The summed E-state index contributed by atoms with van der Waals surface area (Å²) in [5.74, 6) is 1.55. The molecular formula is C17H28O5S. The first kappa shape index (κ1) is 18.6. The number of hydrogen-bond donors (Lipinski definition) is 0. The molecule has 0 amide bonds. The lowest BCUT2D eigenvalue weighted by Gasteiger charge is -2.37. The third-order valence-electron chi connectivity index (χ3n) is 4.64. The zero-order chi connectivity index (χ0) is 17.0. The molecule has 0 spiro atoms. The molecule has 1 heterocycles. The number of esters is 2. The Bertz CT molecular complexity index is 425. The zero-order valence-corrected chi connectivity index (χ0v) is 15.3. The molecule has 1 aliphatic heterocycles. The molecule has 1 aliphatic carbocycles. The van der Waals surface area contributed by atoms with Gasteiger partial charge in [-0.25, -0.2) is 4.79 Å². The minimum absolute atomic E-state index is 0.0111. The fourth-order valence-corrected chi connectivity index (χ4v) is 4.32. The van der Waals surface area contributed by atoms with Gasteiger partial charge in [0.1, 0.15) is 18.8 Å². The van der Waals surface area contributed by atoms with Crippen LogP contribution in [0.5, 0.6) is 0 Å². The van der Waals surface area contributed by atoms with Gasteiger partial charge in [-0.1, -0.05) is 27.2 Å². The van der Waals surface area contributed by atoms with Gasteiger partial charge in [0.15, 0.2) is 0 Å². The first-order valence-corrected chi connectivity index (χ1v) is 9.52. The molecule has 0 unspecified atom stereocenters. The van der Waals surface area contributed by atoms with Gasteiger partial charge < -0.3 is 14.2 Å². The number of ether oxygens (including phenoxy) is 3. The quantitative estimate of drug-likeness (QED) is 0.715. The Hall–Kier alpha value is -0.750. The first-order valence-electron chi connectivity index (χ1n) is 8.47. The third kappa shape index (κ3) is 5.38. The van der Waals surface area contributed by atoms with Crippen LogP contribution in [0.4, 0.5) is 0 Å². The third-order valence-corrected chi connectivity index (χ3v) is 5.81. The highest BCUT2D eigenvalue weighted by molar-refractivity contribution is 8.00. The number of rotatable bonds is 5. The van der Waals surface area contributed by atoms with E-state index >= 15 is 0 Å². The van der Waals surface area contributed by atoms with Gasteiger partial charge in [-0.2, -0.15) is 0 Å². The fourth-order valence-electron chi connectivity index (χ4n) is 3.32. The van der Waals surface area contributed by atoms with Crippen LogP contribution in [0.1, 0.15) is 47.0 Å². The first-order chi connectivity index (χ1) is 10.9. The standard InChI is InChI=1S/C17H28O5S/c1-10(2)14-6-5-11(3)7-15(14)22-16(19)17-21-13(9-23-17)8-20-12(4)18/h10-11,13-15,17H,5-9H2,1-4H3/t11-,13+,14+,15-,17-/m1/s1. The maximum Gasteiger partial charge on any atom is 0.346 e. The summed E-state index contributed by atoms with van der Waals surface area (Å²) in [5, 5.41) is 0. The van der Waals surface area contributed by atoms with E-state index in [9.17, 15) is 9.59 Å². The van der Waals surface area contributed by atoms with Gasteiger partial charge >= 0.3 is 11.9 Å². The van der Waals surface area contributed by atoms with Crippen molar-refractivity contribution in [2.75, 3.05) is 12.4 Å². The maximum atomic E-state index is 12.4. The highest BCUT2D eigenvalue weighted by atomic mass is 32.2. The van der Waals surface area contributed by atoms with Crippen LogP contribution in [0.25, 0.3) is 0 Å². The average molecular weight is 344 g/mol. The Morgan fingerprint density at radius 1 is 1.30 bits per heavy atom. The molecule has 0 radical (unpaired) electrons. The van der Waals surface area contributed by atoms with Crippen molar-refractivity contribution in [1.29, 1.82) is 0 Å². The highest BCUT2D eigenvalue weighted by Gasteiger charge is 2.38. The average Bonchev–Trinajstić information content (AvgIpc) is 2.93. The second-order valence-electron chi connectivity index (χ2n) is 7.03. The molecule has 1 saturated heterocycles. The summed E-state index contributed by atoms with van der Waals surface area (Å²) in [4.78, 5) is 23.2. The minimum Gasteiger partial charge on any atom is -0.463 e. The summed E-state index contributed by atoms with van der Waals surface area (Å²) in [7, 11) is 0. The van der Waals surface area contributed by atoms with E-state index in [1.165, 1.54) is 25.1 Å². The van der Waals surface area contributed by atoms with Crippen molar-refractivity contribution in [1.82, 2.24) is 0 Å². The molecule has 2 fully saturated rings. The molecule has 5 atom stereocenters. The summed E-state index contributed by atoms with van der Waals surface area (Å²) in [6.45, 7) is 8.16. The lowest BCUT2D eigenvalue weighted by atomic mass is 9.75. The van der Waals surface area contributed by atoms with Crippen molar-refractivity contribution >= 4 is 23.7 Å². The van der Waals surface area contributed by atoms with Crippen LogP contribution in [0.2, 0.25) is 0 Å². The predicted molar refractivity (Wildman–Crippen MR) is 89.0 cm³/mol. The van der Waals surface area contributed by atoms with Crippen LogP contribution >= 0.6 is 11.8 Å². The Morgan fingerprint density at radius 3 is 2.70 bits per heavy atom. The molecule has 0 aromatic carbocycles. The second-order valence-corrected chi connectivity index (χ2v) is 8.12. The Kier molecular flexibility index (Phi) is 6.77. The largest absolute Gasteiger partial charge is 0.463 e. The number of hydrogen-bond acceptors (Lipinski definition) is 6. The molecule has 6 heteroatoms. The van der Waals surface area contributed by atoms with Crippen LogP contribution in [0.15, 0.2) is 0 Å². The molecule has 0 aromatic heterocycles. The van der Waals surface area contributed by atoms with Crippen molar-refractivity contribution in [3.63, 3.8) is 0 Å². The molecular weight excluding hydrogens is 316 g/mol. The maximum absolute atomic E-state index is 12.4. The SMILES string of the molecule is CC(=O)OC[C@H]1CS[C@H](C(=O)O[C@@H]2C[C@H](C)CC[C@H]2C(C)C)O1. The summed E-state index contributed by atoms with van der Waals surface area (Å²) in [6.07, 6.45) is 3.01. The zero-order valence-electron chi connectivity index (χ0n) is 14.4. The molecule has 132 valence electrons. The van der Waals surface area contributed by atoms with E-state index < -0.39 is 5.44 Å². The Labute approximate surface area is 142 Å². The summed E-state index contributed by atoms with van der Waals surface area (Å²) < 4.78 is 16.4. The molecule has 0 aromatic rings. The molecule has 2 rings (SSSR count). The highest BCUT2D eigenvalue weighted by Crippen LogP contribution is 2.36. The van der Waals surface area contributed by atoms with Crippen molar-refractivity contribution in [3.8, 4) is 0 Å². The van der Waals surface area contributed by atoms with E-state index in [0.717, 1.165) is 12.8 Å². The van der Waals surface area contributed by atoms with Gasteiger partial charge in [0.2, 0.25) is 5.44 Å². The predicted octanol–water partition coefficient (Wildman–Crippen LogP) is 3.01. The van der Waals surface area contributed by atoms with Crippen LogP contribution in [0, 0.1) is 17.8 Å². The lowest BCUT2D eigenvalue weighted by molar-refractivity contribution is -0.166. The van der Waals surface area contributed by atoms with E-state index in [1.807, 2.05) is 0 Å². The van der Waals surface area contributed by atoms with Crippen molar-refractivity contribution in [2.24, 2.45) is 17.8 Å². The van der Waals surface area contributed by atoms with Crippen LogP contribution in [-0.2, 0) is 23.8 Å². The van der Waals surface area contributed by atoms with Crippen LogP contribution in [0.3, 0.4) is 0 Å². The lowest BCUT2D eigenvalue weighted by Crippen LogP contribution is -2.38. The number of carbonyl (C=O) groups excluding carboxylic acids is 2. The minimum atomic E-state index is -0.597. The Morgan fingerprint density at radius 2 is 2.04 bits per heavy atom. The topological polar surface area (TPSA) is 61.8 Å². The molecule has 0 bridgehead atoms. The summed E-state index contributed by atoms with van der Waals surface area (Å²) >= 11 is 1.42. The van der Waals surface area contributed by atoms with Gasteiger partial charge in [0.05, 0.1) is 0 Å². The molecule has 2 aliphatic rings. The molecule has 1 saturated carbocycles. The van der Waals surface area contributed by atoms with E-state index in [4.69, 9.17) is 14.2 Å². The van der Waals surface area contributed by atoms with E-state index in [2.05, 4.69) is 20.8 Å². The van der Waals surface area contributed by atoms with Gasteiger partial charge in [-0.3, -0.25) is 4.79 Å². The smallest absolute Gasteiger partial charge is 0.346 e. The summed E-state index contributed by atoms with van der Waals surface area (Å²) in [5.41, 5.74) is -0.597. The Balaban J connectivity index is 1.84. The normalized spacial score (nSPS) is 34.4. The van der Waals surface area contributed by atoms with Crippen molar-refractivity contribution in [2.45, 2.75) is 64.6 Å². The van der Waals surface area contributed by atoms with Crippen molar-refractivity contribution in [3.05, 3.63) is 0 Å². The molecule has 23 heavy (non-hydrogen) atoms. The molecule has 5 nitrogen and oxygen atoms in total. The van der Waals surface area contributed by atoms with Gasteiger partial charge in [0, 0.05) is 12.7 Å². The van der Waals surface area contributed by atoms with Gasteiger partial charge in [-0.05, 0) is 30.6 Å². The van der Waals surface area contributed by atoms with Crippen LogP contribution < -0.4 is 0 Å². The van der Waals surface area contributed by atoms with Crippen molar-refractivity contribution < 1.29 is 23.8 Å². The number of carbonyl (C=O) groups is 2.